The van der Waals surface area contributed by atoms with Gasteiger partial charge >= 0.3 is 5.97 Å². The summed E-state index contributed by atoms with van der Waals surface area (Å²) in [4.78, 5) is 12.7. The molecule has 11 atom stereocenters. The first-order valence-electron chi connectivity index (χ1n) is 12.4. The monoisotopic (exact) mass is 540 g/mol. The van der Waals surface area contributed by atoms with Gasteiger partial charge in [0, 0.05) is 12.0 Å². The first-order chi connectivity index (χ1) is 18.2. The van der Waals surface area contributed by atoms with E-state index in [1.54, 1.807) is 12.1 Å². The predicted molar refractivity (Wildman–Crippen MR) is 124 cm³/mol. The molecule has 4 fully saturated rings. The van der Waals surface area contributed by atoms with Gasteiger partial charge in [0.1, 0.15) is 42.2 Å². The van der Waals surface area contributed by atoms with Crippen LogP contribution in [-0.2, 0) is 28.5 Å². The number of aliphatic hydroxyl groups is 5. The summed E-state index contributed by atoms with van der Waals surface area (Å²) >= 11 is 0. The average molecular weight is 541 g/mol. The normalized spacial score (nSPS) is 41.9. The molecule has 3 heterocycles. The number of hydrogen-bond acceptors (Lipinski definition) is 13. The van der Waals surface area contributed by atoms with Crippen LogP contribution >= 0.6 is 0 Å². The number of phenolic OH excluding ortho intramolecular Hbond substituents is 1. The molecule has 13 heteroatoms. The Morgan fingerprint density at radius 1 is 1.16 bits per heavy atom. The molecule has 210 valence electrons. The zero-order valence-electron chi connectivity index (χ0n) is 20.5. The fourth-order valence-corrected chi connectivity index (χ4v) is 5.76. The van der Waals surface area contributed by atoms with Crippen molar-refractivity contribution >= 4 is 12.0 Å². The Labute approximate surface area is 217 Å². The van der Waals surface area contributed by atoms with Crippen LogP contribution in [0.4, 0.5) is 0 Å². The highest BCUT2D eigenvalue weighted by molar-refractivity contribution is 5.87. The largest absolute Gasteiger partial charge is 0.504 e. The van der Waals surface area contributed by atoms with Gasteiger partial charge in [-0.3, -0.25) is 0 Å². The SMILES string of the molecule is COc1cc(/C=C/C(=O)O[C@H]2[C@@H]3CCO[C@@H](O[C@@H]4OC(CO)[C@H](O)C(O)[C@@H]4O)[C@@H]3[C@@]3(CO)O[C@@H]23)ccc1O. The first kappa shape index (κ1) is 27.2. The summed E-state index contributed by atoms with van der Waals surface area (Å²) in [7, 11) is 1.42. The van der Waals surface area contributed by atoms with Crippen LogP contribution in [0.25, 0.3) is 6.08 Å². The number of ether oxygens (including phenoxy) is 6. The lowest BCUT2D eigenvalue weighted by Crippen LogP contribution is -2.61. The summed E-state index contributed by atoms with van der Waals surface area (Å²) in [6.07, 6.45) is -6.52. The van der Waals surface area contributed by atoms with E-state index in [9.17, 15) is 35.4 Å². The lowest BCUT2D eigenvalue weighted by Gasteiger charge is -2.44. The van der Waals surface area contributed by atoms with Crippen molar-refractivity contribution in [3.8, 4) is 11.5 Å². The molecule has 6 N–H and O–H groups in total. The van der Waals surface area contributed by atoms with Gasteiger partial charge in [-0.2, -0.15) is 0 Å². The van der Waals surface area contributed by atoms with Gasteiger partial charge in [0.05, 0.1) is 32.8 Å². The number of rotatable bonds is 8. The minimum atomic E-state index is -1.63. The predicted octanol–water partition coefficient (Wildman–Crippen LogP) is -1.74. The number of methoxy groups -OCH3 is 1. The third-order valence-electron chi connectivity index (χ3n) is 7.77. The quantitative estimate of drug-likeness (QED) is 0.124. The van der Waals surface area contributed by atoms with Crippen LogP contribution in [0.15, 0.2) is 24.3 Å². The molecular formula is C25H32O13. The van der Waals surface area contributed by atoms with Crippen molar-refractivity contribution in [1.82, 2.24) is 0 Å². The Kier molecular flexibility index (Phi) is 7.66. The summed E-state index contributed by atoms with van der Waals surface area (Å²) in [5, 5.41) is 59.9. The number of fused-ring (bicyclic) bond motifs is 3. The summed E-state index contributed by atoms with van der Waals surface area (Å²) in [5.41, 5.74) is -0.490. The number of aromatic hydroxyl groups is 1. The van der Waals surface area contributed by atoms with Crippen LogP contribution in [0, 0.1) is 11.8 Å². The maximum Gasteiger partial charge on any atom is 0.331 e. The summed E-state index contributed by atoms with van der Waals surface area (Å²) < 4.78 is 33.7. The molecule has 3 saturated heterocycles. The van der Waals surface area contributed by atoms with Gasteiger partial charge < -0.3 is 59.1 Å². The molecule has 38 heavy (non-hydrogen) atoms. The lowest BCUT2D eigenvalue weighted by molar-refractivity contribution is -0.356. The van der Waals surface area contributed by atoms with Crippen molar-refractivity contribution in [1.29, 1.82) is 0 Å². The van der Waals surface area contributed by atoms with E-state index in [1.807, 2.05) is 0 Å². The number of phenols is 1. The van der Waals surface area contributed by atoms with Gasteiger partial charge in [0.25, 0.3) is 0 Å². The van der Waals surface area contributed by atoms with Gasteiger partial charge in [-0.1, -0.05) is 6.07 Å². The molecule has 13 nitrogen and oxygen atoms in total. The van der Waals surface area contributed by atoms with Crippen LogP contribution in [-0.4, -0.2) is 118 Å². The maximum absolute atomic E-state index is 12.7. The molecule has 4 aliphatic rings. The smallest absolute Gasteiger partial charge is 0.331 e. The number of epoxide rings is 1. The third kappa shape index (κ3) is 4.68. The van der Waals surface area contributed by atoms with Crippen molar-refractivity contribution in [2.24, 2.45) is 11.8 Å². The highest BCUT2D eigenvalue weighted by atomic mass is 16.8. The number of benzene rings is 1. The number of carbonyl (C=O) groups excluding carboxylic acids is 1. The van der Waals surface area contributed by atoms with E-state index in [4.69, 9.17) is 28.4 Å². The van der Waals surface area contributed by atoms with Gasteiger partial charge in [-0.15, -0.1) is 0 Å². The number of aliphatic hydroxyl groups excluding tert-OH is 5. The van der Waals surface area contributed by atoms with Crippen LogP contribution in [0.2, 0.25) is 0 Å². The Morgan fingerprint density at radius 3 is 2.66 bits per heavy atom. The van der Waals surface area contributed by atoms with E-state index in [0.29, 0.717) is 12.0 Å². The molecule has 2 unspecified atom stereocenters. The molecule has 5 rings (SSSR count). The van der Waals surface area contributed by atoms with Crippen molar-refractivity contribution < 1.29 is 63.9 Å². The van der Waals surface area contributed by atoms with E-state index in [2.05, 4.69) is 0 Å². The summed E-state index contributed by atoms with van der Waals surface area (Å²) in [6, 6.07) is 4.61. The Hall–Kier alpha value is -2.33. The van der Waals surface area contributed by atoms with E-state index in [-0.39, 0.29) is 24.0 Å². The summed E-state index contributed by atoms with van der Waals surface area (Å²) in [5.74, 6) is -1.32. The van der Waals surface area contributed by atoms with Crippen LogP contribution in [0.1, 0.15) is 12.0 Å². The minimum Gasteiger partial charge on any atom is -0.504 e. The molecule has 0 radical (unpaired) electrons. The molecule has 0 bridgehead atoms. The van der Waals surface area contributed by atoms with Crippen molar-refractivity contribution in [2.75, 3.05) is 26.9 Å². The molecule has 1 aromatic carbocycles. The van der Waals surface area contributed by atoms with Crippen LogP contribution < -0.4 is 4.74 Å². The van der Waals surface area contributed by atoms with E-state index >= 15 is 0 Å². The van der Waals surface area contributed by atoms with Gasteiger partial charge in [0.2, 0.25) is 0 Å². The molecule has 3 aliphatic heterocycles. The molecule has 1 aliphatic carbocycles. The zero-order valence-corrected chi connectivity index (χ0v) is 20.5. The maximum atomic E-state index is 12.7. The fraction of sp³-hybridized carbons (Fsp3) is 0.640. The molecule has 1 aromatic rings. The lowest BCUT2D eigenvalue weighted by atomic mass is 9.83. The highest BCUT2D eigenvalue weighted by Crippen LogP contribution is 2.61. The molecule has 0 amide bonds. The Balaban J connectivity index is 1.29. The van der Waals surface area contributed by atoms with Gasteiger partial charge in [-0.25, -0.2) is 4.79 Å². The molecular weight excluding hydrogens is 508 g/mol. The first-order valence-corrected chi connectivity index (χ1v) is 12.4. The second-order valence-electron chi connectivity index (χ2n) is 9.87. The van der Waals surface area contributed by atoms with Gasteiger partial charge in [0.15, 0.2) is 24.1 Å². The topological polar surface area (TPSA) is 197 Å². The number of hydrogen-bond donors (Lipinski definition) is 6. The molecule has 0 aromatic heterocycles. The van der Waals surface area contributed by atoms with Crippen LogP contribution in [0.3, 0.4) is 0 Å². The zero-order chi connectivity index (χ0) is 27.2. The third-order valence-corrected chi connectivity index (χ3v) is 7.77. The molecule has 1 saturated carbocycles. The summed E-state index contributed by atoms with van der Waals surface area (Å²) in [6.45, 7) is -0.792. The van der Waals surface area contributed by atoms with E-state index in [1.165, 1.54) is 25.3 Å². The standard InChI is InChI=1S/C25H32O13/c1-33-14-8-11(2-4-13(14)28)3-5-16(29)36-21-12-6-7-34-23(17(12)25(10-27)22(21)38-25)37-24-20(32)19(31)18(30)15(9-26)35-24/h2-5,8,12,15,17-24,26-28,30-32H,6-7,9-10H2,1H3/b5-3+/t12-,15?,17-,18+,19?,20+,21+,22+,23+,24+,25-/m1/s1. The average Bonchev–Trinajstić information content (AvgIpc) is 3.60. The number of carbonyl (C=O) groups is 1. The molecule has 0 spiro atoms. The van der Waals surface area contributed by atoms with E-state index in [0.717, 1.165) is 0 Å². The fourth-order valence-electron chi connectivity index (χ4n) is 5.76. The Bertz CT molecular complexity index is 1050. The second kappa shape index (κ2) is 10.7. The Morgan fingerprint density at radius 2 is 1.95 bits per heavy atom. The van der Waals surface area contributed by atoms with E-state index < -0.39 is 79.9 Å². The highest BCUT2D eigenvalue weighted by Gasteiger charge is 2.77. The minimum absolute atomic E-state index is 0.0320. The van der Waals surface area contributed by atoms with Crippen LogP contribution in [0.5, 0.6) is 11.5 Å². The van der Waals surface area contributed by atoms with Crippen molar-refractivity contribution in [3.63, 3.8) is 0 Å². The van der Waals surface area contributed by atoms with Gasteiger partial charge in [-0.05, 0) is 30.2 Å². The number of esters is 1. The second-order valence-corrected chi connectivity index (χ2v) is 9.87. The van der Waals surface area contributed by atoms with Crippen molar-refractivity contribution in [2.45, 2.75) is 61.2 Å². The van der Waals surface area contributed by atoms with Crippen molar-refractivity contribution in [3.05, 3.63) is 29.8 Å².